The molecule has 0 aliphatic heterocycles. The molecule has 13 heteroatoms. The van der Waals surface area contributed by atoms with E-state index in [2.05, 4.69) is 20.3 Å². The number of rotatable bonds is 5. The van der Waals surface area contributed by atoms with Gasteiger partial charge >= 0.3 is 6.18 Å². The summed E-state index contributed by atoms with van der Waals surface area (Å²) >= 11 is 0. The van der Waals surface area contributed by atoms with E-state index in [0.717, 1.165) is 23.0 Å². The largest absolute Gasteiger partial charge is 0.497 e. The Morgan fingerprint density at radius 1 is 1.15 bits per heavy atom. The molecule has 2 aromatic carbocycles. The molecular formula is C21H15F3N6O4. The van der Waals surface area contributed by atoms with E-state index < -0.39 is 22.8 Å². The quantitative estimate of drug-likeness (QED) is 0.339. The van der Waals surface area contributed by atoms with Gasteiger partial charge in [0.25, 0.3) is 11.6 Å². The number of fused-ring (bicyclic) bond motifs is 1. The first-order valence-corrected chi connectivity index (χ1v) is 9.61. The minimum Gasteiger partial charge on any atom is -0.497 e. The van der Waals surface area contributed by atoms with Crippen LogP contribution in [0.25, 0.3) is 16.9 Å². The van der Waals surface area contributed by atoms with Crippen molar-refractivity contribution in [2.24, 2.45) is 0 Å². The summed E-state index contributed by atoms with van der Waals surface area (Å²) in [5.74, 6) is -1.77. The number of non-ortho nitro benzene ring substituents is 1. The average molecular weight is 472 g/mol. The van der Waals surface area contributed by atoms with Crippen molar-refractivity contribution < 1.29 is 27.6 Å². The van der Waals surface area contributed by atoms with Crippen LogP contribution in [0.3, 0.4) is 0 Å². The molecule has 0 atom stereocenters. The van der Waals surface area contributed by atoms with Crippen LogP contribution >= 0.6 is 0 Å². The van der Waals surface area contributed by atoms with E-state index in [1.165, 1.54) is 37.4 Å². The molecule has 0 saturated heterocycles. The number of benzene rings is 2. The Bertz CT molecular complexity index is 1420. The predicted octanol–water partition coefficient (Wildman–Crippen LogP) is 4.31. The molecule has 0 saturated carbocycles. The molecule has 0 fully saturated rings. The highest BCUT2D eigenvalue weighted by Gasteiger charge is 2.38. The Hall–Kier alpha value is -4.55. The Kier molecular flexibility index (Phi) is 5.61. The summed E-state index contributed by atoms with van der Waals surface area (Å²) in [5.41, 5.74) is 0.454. The van der Waals surface area contributed by atoms with Crippen molar-refractivity contribution in [3.8, 4) is 11.6 Å². The molecule has 174 valence electrons. The molecule has 2 aromatic heterocycles. The highest BCUT2D eigenvalue weighted by molar-refractivity contribution is 6.05. The van der Waals surface area contributed by atoms with Crippen molar-refractivity contribution in [3.63, 3.8) is 0 Å². The van der Waals surface area contributed by atoms with Crippen LogP contribution < -0.4 is 10.1 Å². The van der Waals surface area contributed by atoms with Gasteiger partial charge < -0.3 is 10.1 Å². The number of nitro benzene ring substituents is 1. The predicted molar refractivity (Wildman–Crippen MR) is 114 cm³/mol. The van der Waals surface area contributed by atoms with Crippen LogP contribution in [0.1, 0.15) is 21.7 Å². The number of halogens is 3. The third-order valence-corrected chi connectivity index (χ3v) is 4.90. The smallest absolute Gasteiger partial charge is 0.450 e. The van der Waals surface area contributed by atoms with Crippen LogP contribution in [0.15, 0.2) is 48.8 Å². The molecule has 0 spiro atoms. The van der Waals surface area contributed by atoms with Crippen molar-refractivity contribution in [1.82, 2.24) is 19.5 Å². The first-order chi connectivity index (χ1) is 16.1. The molecule has 4 rings (SSSR count). The first-order valence-electron chi connectivity index (χ1n) is 9.61. The standard InChI is InChI=1S/C21H15F3N6O4/c1-11-3-4-12(30(32)33)7-14(11)19(31)28-17-9-26-18(10-25-17)29-16-6-5-13(34-2)8-15(16)27-20(29)21(22,23)24/h3-10H,1-2H3,(H,25,28,31). The van der Waals surface area contributed by atoms with Gasteiger partial charge in [-0.3, -0.25) is 19.5 Å². The number of methoxy groups -OCH3 is 1. The van der Waals surface area contributed by atoms with Gasteiger partial charge in [-0.15, -0.1) is 0 Å². The van der Waals surface area contributed by atoms with Gasteiger partial charge in [0.05, 0.1) is 35.5 Å². The van der Waals surface area contributed by atoms with Crippen molar-refractivity contribution in [3.05, 3.63) is 75.9 Å². The molecule has 0 unspecified atom stereocenters. The fraction of sp³-hybridized carbons (Fsp3) is 0.143. The Morgan fingerprint density at radius 3 is 2.53 bits per heavy atom. The van der Waals surface area contributed by atoms with Crippen molar-refractivity contribution in [2.45, 2.75) is 13.1 Å². The molecule has 10 nitrogen and oxygen atoms in total. The lowest BCUT2D eigenvalue weighted by molar-refractivity contribution is -0.384. The fourth-order valence-electron chi connectivity index (χ4n) is 3.26. The van der Waals surface area contributed by atoms with E-state index in [1.54, 1.807) is 6.92 Å². The monoisotopic (exact) mass is 472 g/mol. The van der Waals surface area contributed by atoms with E-state index in [1.807, 2.05) is 0 Å². The number of hydrogen-bond acceptors (Lipinski definition) is 7. The lowest BCUT2D eigenvalue weighted by atomic mass is 10.1. The Morgan fingerprint density at radius 2 is 1.91 bits per heavy atom. The number of carbonyl (C=O) groups is 1. The summed E-state index contributed by atoms with van der Waals surface area (Å²) in [6, 6.07) is 8.09. The second-order valence-corrected chi connectivity index (χ2v) is 7.09. The highest BCUT2D eigenvalue weighted by atomic mass is 19.4. The number of nitrogens with one attached hydrogen (secondary N) is 1. The first kappa shape index (κ1) is 22.6. The van der Waals surface area contributed by atoms with Gasteiger partial charge in [-0.1, -0.05) is 6.07 Å². The number of nitro groups is 1. The minimum absolute atomic E-state index is 0.0481. The van der Waals surface area contributed by atoms with E-state index in [0.29, 0.717) is 11.3 Å². The third kappa shape index (κ3) is 4.22. The zero-order valence-corrected chi connectivity index (χ0v) is 17.6. The molecule has 1 amide bonds. The molecule has 4 aromatic rings. The Balaban J connectivity index is 1.68. The van der Waals surface area contributed by atoms with Gasteiger partial charge in [0, 0.05) is 23.8 Å². The van der Waals surface area contributed by atoms with Crippen molar-refractivity contribution in [1.29, 1.82) is 0 Å². The number of hydrogen-bond donors (Lipinski definition) is 1. The van der Waals surface area contributed by atoms with Gasteiger partial charge in [0.2, 0.25) is 5.82 Å². The third-order valence-electron chi connectivity index (χ3n) is 4.90. The number of aryl methyl sites for hydroxylation is 1. The van der Waals surface area contributed by atoms with Crippen LogP contribution in [-0.4, -0.2) is 37.5 Å². The molecule has 34 heavy (non-hydrogen) atoms. The normalized spacial score (nSPS) is 11.4. The average Bonchev–Trinajstić information content (AvgIpc) is 3.19. The van der Waals surface area contributed by atoms with Crippen molar-refractivity contribution in [2.75, 3.05) is 12.4 Å². The highest BCUT2D eigenvalue weighted by Crippen LogP contribution is 2.34. The van der Waals surface area contributed by atoms with Gasteiger partial charge in [0.15, 0.2) is 11.6 Å². The summed E-state index contributed by atoms with van der Waals surface area (Å²) < 4.78 is 46.8. The molecule has 0 bridgehead atoms. The molecular weight excluding hydrogens is 457 g/mol. The SMILES string of the molecule is COc1ccc2c(c1)nc(C(F)(F)F)n2-c1cnc(NC(=O)c2cc([N+](=O)[O-])ccc2C)cn1. The van der Waals surface area contributed by atoms with Gasteiger partial charge in [-0.2, -0.15) is 13.2 Å². The number of imidazole rings is 1. The Labute approximate surface area is 189 Å². The van der Waals surface area contributed by atoms with E-state index in [4.69, 9.17) is 4.74 Å². The number of ether oxygens (including phenoxy) is 1. The topological polar surface area (TPSA) is 125 Å². The van der Waals surface area contributed by atoms with Crippen LogP contribution in [0, 0.1) is 17.0 Å². The number of alkyl halides is 3. The zero-order valence-electron chi connectivity index (χ0n) is 17.6. The summed E-state index contributed by atoms with van der Waals surface area (Å²) in [6.07, 6.45) is -2.65. The van der Waals surface area contributed by atoms with E-state index in [9.17, 15) is 28.1 Å². The number of nitrogens with zero attached hydrogens (tertiary/aromatic N) is 5. The van der Waals surface area contributed by atoms with Crippen molar-refractivity contribution >= 4 is 28.4 Å². The van der Waals surface area contributed by atoms with Gasteiger partial charge in [-0.05, 0) is 24.6 Å². The minimum atomic E-state index is -4.78. The number of carbonyl (C=O) groups excluding carboxylic acids is 1. The maximum Gasteiger partial charge on any atom is 0.450 e. The summed E-state index contributed by atoms with van der Waals surface area (Å²) in [7, 11) is 1.39. The van der Waals surface area contributed by atoms with Gasteiger partial charge in [0.1, 0.15) is 5.75 Å². The number of anilines is 1. The van der Waals surface area contributed by atoms with Crippen LogP contribution in [0.2, 0.25) is 0 Å². The van der Waals surface area contributed by atoms with E-state index in [-0.39, 0.29) is 33.9 Å². The van der Waals surface area contributed by atoms with Crippen LogP contribution in [0.5, 0.6) is 5.75 Å². The number of amides is 1. The summed E-state index contributed by atoms with van der Waals surface area (Å²) in [5, 5.41) is 13.4. The molecule has 2 heterocycles. The van der Waals surface area contributed by atoms with E-state index >= 15 is 0 Å². The zero-order chi connectivity index (χ0) is 24.6. The second kappa shape index (κ2) is 8.42. The second-order valence-electron chi connectivity index (χ2n) is 7.09. The lowest BCUT2D eigenvalue weighted by Gasteiger charge is -2.11. The molecule has 1 N–H and O–H groups in total. The summed E-state index contributed by atoms with van der Waals surface area (Å²) in [6.45, 7) is 1.60. The maximum atomic E-state index is 13.7. The molecule has 0 radical (unpaired) electrons. The van der Waals surface area contributed by atoms with Crippen LogP contribution in [0.4, 0.5) is 24.7 Å². The molecule has 0 aliphatic carbocycles. The summed E-state index contributed by atoms with van der Waals surface area (Å²) in [4.78, 5) is 34.6. The van der Waals surface area contributed by atoms with Crippen LogP contribution in [-0.2, 0) is 6.18 Å². The fourth-order valence-corrected chi connectivity index (χ4v) is 3.26. The maximum absolute atomic E-state index is 13.7. The molecule has 0 aliphatic rings. The number of aromatic nitrogens is 4. The van der Waals surface area contributed by atoms with Gasteiger partial charge in [-0.25, -0.2) is 15.0 Å². The lowest BCUT2D eigenvalue weighted by Crippen LogP contribution is -2.17.